The quantitative estimate of drug-likeness (QED) is 0.918. The number of aromatic nitrogens is 2. The number of halogens is 1. The molecule has 2 unspecified atom stereocenters. The van der Waals surface area contributed by atoms with E-state index in [1.54, 1.807) is 7.11 Å². The van der Waals surface area contributed by atoms with Crippen LogP contribution in [0.5, 0.6) is 5.75 Å². The van der Waals surface area contributed by atoms with Crippen LogP contribution in [0.25, 0.3) is 11.4 Å². The SMILES string of the molecule is COc1ccc(-c2noc(C3(C)CCCC3N)n2)cc1Br. The lowest BCUT2D eigenvalue weighted by Gasteiger charge is -2.23. The first kappa shape index (κ1) is 14.5. The minimum absolute atomic E-state index is 0.0772. The van der Waals surface area contributed by atoms with Crippen LogP contribution in [0.4, 0.5) is 0 Å². The third kappa shape index (κ3) is 2.46. The van der Waals surface area contributed by atoms with E-state index < -0.39 is 0 Å². The van der Waals surface area contributed by atoms with Crippen LogP contribution >= 0.6 is 15.9 Å². The topological polar surface area (TPSA) is 74.2 Å². The fourth-order valence-electron chi connectivity index (χ4n) is 2.84. The van der Waals surface area contributed by atoms with Crippen LogP contribution in [0, 0.1) is 0 Å². The highest BCUT2D eigenvalue weighted by Gasteiger charge is 2.42. The van der Waals surface area contributed by atoms with Gasteiger partial charge in [0.05, 0.1) is 17.0 Å². The average Bonchev–Trinajstić information content (AvgIpc) is 3.08. The first-order valence-corrected chi connectivity index (χ1v) is 7.77. The van der Waals surface area contributed by atoms with Gasteiger partial charge in [-0.25, -0.2) is 0 Å². The summed E-state index contributed by atoms with van der Waals surface area (Å²) in [5.74, 6) is 1.98. The van der Waals surface area contributed by atoms with Crippen molar-refractivity contribution in [2.45, 2.75) is 37.6 Å². The Balaban J connectivity index is 1.93. The molecule has 0 bridgehead atoms. The van der Waals surface area contributed by atoms with Crippen molar-refractivity contribution in [1.82, 2.24) is 10.1 Å². The highest BCUT2D eigenvalue weighted by atomic mass is 79.9. The smallest absolute Gasteiger partial charge is 0.234 e. The van der Waals surface area contributed by atoms with Crippen molar-refractivity contribution in [1.29, 1.82) is 0 Å². The molecule has 2 aromatic rings. The number of ether oxygens (including phenoxy) is 1. The molecule has 6 heteroatoms. The zero-order chi connectivity index (χ0) is 15.0. The summed E-state index contributed by atoms with van der Waals surface area (Å²) in [5, 5.41) is 4.10. The summed E-state index contributed by atoms with van der Waals surface area (Å²) in [5.41, 5.74) is 6.87. The summed E-state index contributed by atoms with van der Waals surface area (Å²) >= 11 is 3.47. The van der Waals surface area contributed by atoms with Gasteiger partial charge >= 0.3 is 0 Å². The van der Waals surface area contributed by atoms with E-state index in [9.17, 15) is 0 Å². The highest BCUT2D eigenvalue weighted by Crippen LogP contribution is 2.39. The van der Waals surface area contributed by atoms with Crippen molar-refractivity contribution in [2.24, 2.45) is 5.73 Å². The number of benzene rings is 1. The standard InChI is InChI=1S/C15H18BrN3O2/c1-15(7-3-4-12(15)17)14-18-13(19-21-14)9-5-6-11(20-2)10(16)8-9/h5-6,8,12H,3-4,7,17H2,1-2H3. The predicted octanol–water partition coefficient (Wildman–Crippen LogP) is 3.28. The lowest BCUT2D eigenvalue weighted by Crippen LogP contribution is -2.38. The van der Waals surface area contributed by atoms with E-state index in [4.69, 9.17) is 15.0 Å². The zero-order valence-electron chi connectivity index (χ0n) is 12.1. The first-order valence-electron chi connectivity index (χ1n) is 6.98. The lowest BCUT2D eigenvalue weighted by molar-refractivity contribution is 0.278. The van der Waals surface area contributed by atoms with Crippen LogP contribution in [0.2, 0.25) is 0 Å². The first-order chi connectivity index (χ1) is 10.0. The third-order valence-corrected chi connectivity index (χ3v) is 4.97. The second-order valence-corrected chi connectivity index (χ2v) is 6.54. The van der Waals surface area contributed by atoms with Gasteiger partial charge in [0.1, 0.15) is 5.75 Å². The number of hydrogen-bond acceptors (Lipinski definition) is 5. The normalized spacial score (nSPS) is 25.2. The molecule has 1 aliphatic carbocycles. The fraction of sp³-hybridized carbons (Fsp3) is 0.467. The Morgan fingerprint density at radius 2 is 2.29 bits per heavy atom. The van der Waals surface area contributed by atoms with Gasteiger partial charge in [-0.15, -0.1) is 0 Å². The molecular weight excluding hydrogens is 334 g/mol. The van der Waals surface area contributed by atoms with Gasteiger partial charge in [0.2, 0.25) is 11.7 Å². The number of nitrogens with two attached hydrogens (primary N) is 1. The Kier molecular flexibility index (Phi) is 3.75. The van der Waals surface area contributed by atoms with Crippen molar-refractivity contribution >= 4 is 15.9 Å². The molecule has 21 heavy (non-hydrogen) atoms. The maximum atomic E-state index is 6.20. The maximum absolute atomic E-state index is 6.20. The monoisotopic (exact) mass is 351 g/mol. The summed E-state index contributed by atoms with van der Waals surface area (Å²) in [6, 6.07) is 5.78. The number of nitrogens with zero attached hydrogens (tertiary/aromatic N) is 2. The van der Waals surface area contributed by atoms with Crippen LogP contribution in [0.3, 0.4) is 0 Å². The van der Waals surface area contributed by atoms with Crippen molar-refractivity contribution in [2.75, 3.05) is 7.11 Å². The van der Waals surface area contributed by atoms with Crippen molar-refractivity contribution in [3.8, 4) is 17.1 Å². The van der Waals surface area contributed by atoms with Gasteiger partial charge in [-0.1, -0.05) is 11.6 Å². The largest absolute Gasteiger partial charge is 0.496 e. The summed E-state index contributed by atoms with van der Waals surface area (Å²) in [7, 11) is 1.63. The van der Waals surface area contributed by atoms with Gasteiger partial charge in [0.15, 0.2) is 0 Å². The fourth-order valence-corrected chi connectivity index (χ4v) is 3.38. The molecule has 2 atom stereocenters. The molecular formula is C15H18BrN3O2. The molecule has 3 rings (SSSR count). The summed E-state index contributed by atoms with van der Waals surface area (Å²) in [6.45, 7) is 2.10. The van der Waals surface area contributed by atoms with E-state index in [1.165, 1.54) is 0 Å². The van der Waals surface area contributed by atoms with Crippen molar-refractivity contribution in [3.63, 3.8) is 0 Å². The van der Waals surface area contributed by atoms with E-state index in [1.807, 2.05) is 18.2 Å². The molecule has 0 saturated heterocycles. The van der Waals surface area contributed by atoms with E-state index in [0.717, 1.165) is 35.0 Å². The van der Waals surface area contributed by atoms with Gasteiger partial charge in [0, 0.05) is 11.6 Å². The van der Waals surface area contributed by atoms with Gasteiger partial charge in [0.25, 0.3) is 0 Å². The van der Waals surface area contributed by atoms with E-state index in [0.29, 0.717) is 11.7 Å². The summed E-state index contributed by atoms with van der Waals surface area (Å²) in [6.07, 6.45) is 3.09. The van der Waals surface area contributed by atoms with E-state index in [-0.39, 0.29) is 11.5 Å². The van der Waals surface area contributed by atoms with Crippen LogP contribution < -0.4 is 10.5 Å². The van der Waals surface area contributed by atoms with E-state index in [2.05, 4.69) is 33.0 Å². The van der Waals surface area contributed by atoms with E-state index >= 15 is 0 Å². The molecule has 0 amide bonds. The molecule has 5 nitrogen and oxygen atoms in total. The zero-order valence-corrected chi connectivity index (χ0v) is 13.7. The highest BCUT2D eigenvalue weighted by molar-refractivity contribution is 9.10. The molecule has 1 heterocycles. The van der Waals surface area contributed by atoms with Gasteiger partial charge in [-0.2, -0.15) is 4.98 Å². The summed E-state index contributed by atoms with van der Waals surface area (Å²) in [4.78, 5) is 4.56. The van der Waals surface area contributed by atoms with Gasteiger partial charge in [-0.05, 0) is 53.9 Å². The molecule has 112 valence electrons. The molecule has 2 N–H and O–H groups in total. The molecule has 1 fully saturated rings. The van der Waals surface area contributed by atoms with Gasteiger partial charge in [-0.3, -0.25) is 0 Å². The van der Waals surface area contributed by atoms with Crippen LogP contribution in [-0.4, -0.2) is 23.3 Å². The Hall–Kier alpha value is -1.40. The van der Waals surface area contributed by atoms with Crippen LogP contribution in [-0.2, 0) is 5.41 Å². The minimum Gasteiger partial charge on any atom is -0.496 e. The number of hydrogen-bond donors (Lipinski definition) is 1. The average molecular weight is 352 g/mol. The number of methoxy groups -OCH3 is 1. The Labute approximate surface area is 132 Å². The molecule has 0 radical (unpaired) electrons. The molecule has 0 spiro atoms. The Morgan fingerprint density at radius 1 is 1.48 bits per heavy atom. The Morgan fingerprint density at radius 3 is 2.90 bits per heavy atom. The molecule has 1 saturated carbocycles. The summed E-state index contributed by atoms with van der Waals surface area (Å²) < 4.78 is 11.6. The second-order valence-electron chi connectivity index (χ2n) is 5.69. The molecule has 1 aliphatic rings. The van der Waals surface area contributed by atoms with Crippen molar-refractivity contribution < 1.29 is 9.26 Å². The second kappa shape index (κ2) is 5.42. The molecule has 1 aromatic carbocycles. The Bertz CT molecular complexity index is 658. The predicted molar refractivity (Wildman–Crippen MR) is 83.2 cm³/mol. The maximum Gasteiger partial charge on any atom is 0.234 e. The molecule has 0 aliphatic heterocycles. The number of rotatable bonds is 3. The third-order valence-electron chi connectivity index (χ3n) is 4.35. The van der Waals surface area contributed by atoms with Gasteiger partial charge < -0.3 is 15.0 Å². The van der Waals surface area contributed by atoms with Crippen molar-refractivity contribution in [3.05, 3.63) is 28.6 Å². The minimum atomic E-state index is -0.213. The van der Waals surface area contributed by atoms with Crippen LogP contribution in [0.1, 0.15) is 32.1 Å². The van der Waals surface area contributed by atoms with Crippen LogP contribution in [0.15, 0.2) is 27.2 Å². The molecule has 1 aromatic heterocycles. The lowest BCUT2D eigenvalue weighted by atomic mass is 9.85.